The fraction of sp³-hybridized carbons (Fsp3) is 0.258. The van der Waals surface area contributed by atoms with Gasteiger partial charge in [-0.15, -0.1) is 0 Å². The van der Waals surface area contributed by atoms with E-state index < -0.39 is 17.6 Å². The maximum absolute atomic E-state index is 12.6. The van der Waals surface area contributed by atoms with E-state index in [0.717, 1.165) is 27.6 Å². The minimum Gasteiger partial charge on any atom is -0.469 e. The summed E-state index contributed by atoms with van der Waals surface area (Å²) < 4.78 is 15.8. The Morgan fingerprint density at radius 2 is 1.68 bits per heavy atom. The SMILES string of the molecule is COC(=O)Cc1cccc(C(=O)NOCc2cc(-c3cccc(CNC(=O)OC(C)(C)C)c3)c3occc3c2)c1. The van der Waals surface area contributed by atoms with Crippen molar-refractivity contribution >= 4 is 28.9 Å². The third kappa shape index (κ3) is 7.70. The first-order valence-corrected chi connectivity index (χ1v) is 12.8. The third-order valence-corrected chi connectivity index (χ3v) is 5.85. The first-order chi connectivity index (χ1) is 19.1. The lowest BCUT2D eigenvalue weighted by Crippen LogP contribution is -2.32. The average Bonchev–Trinajstić information content (AvgIpc) is 3.39. The fourth-order valence-electron chi connectivity index (χ4n) is 4.08. The lowest BCUT2D eigenvalue weighted by atomic mass is 9.99. The second kappa shape index (κ2) is 12.5. The number of benzene rings is 3. The zero-order valence-corrected chi connectivity index (χ0v) is 22.9. The molecule has 3 aromatic carbocycles. The number of hydrogen-bond acceptors (Lipinski definition) is 7. The molecule has 0 aliphatic carbocycles. The Labute approximate surface area is 232 Å². The van der Waals surface area contributed by atoms with E-state index in [1.165, 1.54) is 7.11 Å². The molecule has 0 saturated heterocycles. The van der Waals surface area contributed by atoms with Crippen LogP contribution in [0.1, 0.15) is 47.8 Å². The number of hydroxylamine groups is 1. The third-order valence-electron chi connectivity index (χ3n) is 5.85. The Bertz CT molecular complexity index is 1520. The van der Waals surface area contributed by atoms with Crippen molar-refractivity contribution in [2.75, 3.05) is 7.11 Å². The van der Waals surface area contributed by atoms with Gasteiger partial charge in [0.25, 0.3) is 5.91 Å². The van der Waals surface area contributed by atoms with Crippen LogP contribution in [0.2, 0.25) is 0 Å². The molecule has 2 N–H and O–H groups in total. The van der Waals surface area contributed by atoms with Crippen molar-refractivity contribution in [3.8, 4) is 11.1 Å². The lowest BCUT2D eigenvalue weighted by Gasteiger charge is -2.19. The summed E-state index contributed by atoms with van der Waals surface area (Å²) in [5, 5.41) is 3.66. The van der Waals surface area contributed by atoms with E-state index in [0.29, 0.717) is 23.3 Å². The zero-order chi connectivity index (χ0) is 28.7. The maximum Gasteiger partial charge on any atom is 0.407 e. The molecule has 0 aliphatic heterocycles. The summed E-state index contributed by atoms with van der Waals surface area (Å²) in [6, 6.07) is 20.2. The highest BCUT2D eigenvalue weighted by molar-refractivity contribution is 5.94. The summed E-state index contributed by atoms with van der Waals surface area (Å²) in [7, 11) is 1.32. The predicted molar refractivity (Wildman–Crippen MR) is 149 cm³/mol. The molecule has 1 aromatic heterocycles. The van der Waals surface area contributed by atoms with Crippen LogP contribution in [0.15, 0.2) is 77.4 Å². The minimum absolute atomic E-state index is 0.0736. The van der Waals surface area contributed by atoms with Crippen LogP contribution < -0.4 is 10.8 Å². The van der Waals surface area contributed by atoms with Gasteiger partial charge < -0.3 is 19.2 Å². The highest BCUT2D eigenvalue weighted by Crippen LogP contribution is 2.32. The molecule has 40 heavy (non-hydrogen) atoms. The van der Waals surface area contributed by atoms with Crippen molar-refractivity contribution in [1.82, 2.24) is 10.8 Å². The number of esters is 1. The number of alkyl carbamates (subject to hydrolysis) is 1. The summed E-state index contributed by atoms with van der Waals surface area (Å²) in [5.74, 6) is -0.814. The van der Waals surface area contributed by atoms with E-state index in [9.17, 15) is 14.4 Å². The molecule has 0 fully saturated rings. The number of carbonyl (C=O) groups excluding carboxylic acids is 3. The van der Waals surface area contributed by atoms with E-state index in [1.807, 2.05) is 63.2 Å². The van der Waals surface area contributed by atoms with Crippen LogP contribution in [0, 0.1) is 0 Å². The molecule has 4 rings (SSSR count). The fourth-order valence-corrected chi connectivity index (χ4v) is 4.08. The molecule has 4 aromatic rings. The summed E-state index contributed by atoms with van der Waals surface area (Å²) in [6.45, 7) is 5.86. The van der Waals surface area contributed by atoms with Gasteiger partial charge in [0.05, 0.1) is 26.4 Å². The number of methoxy groups -OCH3 is 1. The maximum atomic E-state index is 12.6. The summed E-state index contributed by atoms with van der Waals surface area (Å²) in [6.07, 6.45) is 1.21. The molecular weight excluding hydrogens is 512 g/mol. The van der Waals surface area contributed by atoms with Crippen molar-refractivity contribution in [2.45, 2.75) is 45.9 Å². The van der Waals surface area contributed by atoms with E-state index in [4.69, 9.17) is 14.0 Å². The number of furan rings is 1. The van der Waals surface area contributed by atoms with E-state index in [2.05, 4.69) is 15.5 Å². The van der Waals surface area contributed by atoms with Crippen LogP contribution in [0.3, 0.4) is 0 Å². The molecule has 0 unspecified atom stereocenters. The number of fused-ring (bicyclic) bond motifs is 1. The second-order valence-electron chi connectivity index (χ2n) is 10.2. The van der Waals surface area contributed by atoms with Gasteiger partial charge in [-0.05, 0) is 79.4 Å². The van der Waals surface area contributed by atoms with Crippen molar-refractivity contribution in [1.29, 1.82) is 0 Å². The highest BCUT2D eigenvalue weighted by atomic mass is 16.6. The largest absolute Gasteiger partial charge is 0.469 e. The number of carbonyl (C=O) groups is 3. The molecular formula is C31H32N2O7. The van der Waals surface area contributed by atoms with Crippen LogP contribution in [-0.4, -0.2) is 30.7 Å². The molecule has 0 bridgehead atoms. The minimum atomic E-state index is -0.576. The van der Waals surface area contributed by atoms with Gasteiger partial charge in [0.1, 0.15) is 11.2 Å². The average molecular weight is 545 g/mol. The van der Waals surface area contributed by atoms with Gasteiger partial charge in [0.2, 0.25) is 0 Å². The van der Waals surface area contributed by atoms with Crippen LogP contribution >= 0.6 is 0 Å². The second-order valence-corrected chi connectivity index (χ2v) is 10.2. The van der Waals surface area contributed by atoms with Crippen LogP contribution in [0.4, 0.5) is 4.79 Å². The van der Waals surface area contributed by atoms with Gasteiger partial charge in [-0.3, -0.25) is 14.4 Å². The predicted octanol–water partition coefficient (Wildman–Crippen LogP) is 5.70. The molecule has 2 amide bonds. The van der Waals surface area contributed by atoms with Gasteiger partial charge >= 0.3 is 12.1 Å². The van der Waals surface area contributed by atoms with Gasteiger partial charge in [-0.2, -0.15) is 0 Å². The number of hydrogen-bond donors (Lipinski definition) is 2. The van der Waals surface area contributed by atoms with Crippen molar-refractivity contribution in [3.05, 3.63) is 95.2 Å². The molecule has 208 valence electrons. The first kappa shape index (κ1) is 28.4. The Balaban J connectivity index is 1.44. The standard InChI is InChI=1S/C31H32N2O7/c1-31(2,3)40-30(36)32-18-21-8-6-9-23(14-21)26-16-22(15-24-11-12-38-28(24)26)19-39-33-29(35)25-10-5-7-20(13-25)17-27(34)37-4/h5-16H,17-19H2,1-4H3,(H,32,36)(H,33,35). The van der Waals surface area contributed by atoms with Gasteiger partial charge in [0, 0.05) is 23.1 Å². The highest BCUT2D eigenvalue weighted by Gasteiger charge is 2.16. The zero-order valence-electron chi connectivity index (χ0n) is 22.9. The topological polar surface area (TPSA) is 116 Å². The summed E-state index contributed by atoms with van der Waals surface area (Å²) in [5.41, 5.74) is 7.10. The number of ether oxygens (including phenoxy) is 2. The molecule has 0 atom stereocenters. The molecule has 0 aliphatic rings. The van der Waals surface area contributed by atoms with Crippen LogP contribution in [-0.2, 0) is 38.7 Å². The molecule has 1 heterocycles. The molecule has 0 saturated carbocycles. The first-order valence-electron chi connectivity index (χ1n) is 12.8. The van der Waals surface area contributed by atoms with Gasteiger partial charge in [-0.25, -0.2) is 10.3 Å². The van der Waals surface area contributed by atoms with Crippen molar-refractivity contribution < 1.29 is 33.1 Å². The molecule has 0 spiro atoms. The van der Waals surface area contributed by atoms with Crippen molar-refractivity contribution in [2.24, 2.45) is 0 Å². The van der Waals surface area contributed by atoms with Crippen LogP contribution in [0.5, 0.6) is 0 Å². The quantitative estimate of drug-likeness (QED) is 0.205. The Hall–Kier alpha value is -4.63. The smallest absolute Gasteiger partial charge is 0.407 e. The van der Waals surface area contributed by atoms with E-state index >= 15 is 0 Å². The lowest BCUT2D eigenvalue weighted by molar-refractivity contribution is -0.139. The monoisotopic (exact) mass is 544 g/mol. The number of amides is 2. The number of nitrogens with one attached hydrogen (secondary N) is 2. The Kier molecular flexibility index (Phi) is 8.86. The van der Waals surface area contributed by atoms with E-state index in [1.54, 1.807) is 30.5 Å². The van der Waals surface area contributed by atoms with E-state index in [-0.39, 0.29) is 19.0 Å². The molecule has 9 nitrogen and oxygen atoms in total. The van der Waals surface area contributed by atoms with Gasteiger partial charge in [0.15, 0.2) is 0 Å². The Morgan fingerprint density at radius 3 is 2.45 bits per heavy atom. The number of rotatable bonds is 9. The normalized spacial score (nSPS) is 11.2. The molecule has 9 heteroatoms. The summed E-state index contributed by atoms with van der Waals surface area (Å²) in [4.78, 5) is 41.8. The summed E-state index contributed by atoms with van der Waals surface area (Å²) >= 11 is 0. The van der Waals surface area contributed by atoms with Gasteiger partial charge in [-0.1, -0.05) is 30.3 Å². The van der Waals surface area contributed by atoms with Crippen LogP contribution in [0.25, 0.3) is 22.1 Å². The Morgan fingerprint density at radius 1 is 0.900 bits per heavy atom. The molecule has 0 radical (unpaired) electrons. The van der Waals surface area contributed by atoms with Crippen molar-refractivity contribution in [3.63, 3.8) is 0 Å².